The highest BCUT2D eigenvalue weighted by molar-refractivity contribution is 6.83. The van der Waals surface area contributed by atoms with Crippen molar-refractivity contribution in [1.82, 2.24) is 0 Å². The molecule has 1 rings (SSSR count). The lowest BCUT2D eigenvalue weighted by Crippen LogP contribution is -2.73. The summed E-state index contributed by atoms with van der Waals surface area (Å²) in [5, 5.41) is -0.0476. The van der Waals surface area contributed by atoms with Crippen molar-refractivity contribution < 1.29 is 14.3 Å². The van der Waals surface area contributed by atoms with Gasteiger partial charge in [0.2, 0.25) is 0 Å². The molecular weight excluding hydrogens is 232 g/mol. The first-order valence-electron chi connectivity index (χ1n) is 6.32. The fourth-order valence-electron chi connectivity index (χ4n) is 2.63. The minimum atomic E-state index is -1.74. The van der Waals surface area contributed by atoms with E-state index < -0.39 is 8.07 Å². The van der Waals surface area contributed by atoms with Crippen molar-refractivity contribution in [2.75, 3.05) is 13.7 Å². The Bertz CT molecular complexity index is 306. The maximum atomic E-state index is 11.5. The summed E-state index contributed by atoms with van der Waals surface area (Å²) in [6, 6.07) is 0. The summed E-state index contributed by atoms with van der Waals surface area (Å²) in [4.78, 5) is 11.5. The van der Waals surface area contributed by atoms with Gasteiger partial charge in [-0.3, -0.25) is 4.79 Å². The molecule has 0 bridgehead atoms. The molecule has 0 unspecified atom stereocenters. The van der Waals surface area contributed by atoms with Crippen molar-refractivity contribution in [3.05, 3.63) is 0 Å². The van der Waals surface area contributed by atoms with E-state index in [-0.39, 0.29) is 22.1 Å². The molecule has 17 heavy (non-hydrogen) atoms. The van der Waals surface area contributed by atoms with Gasteiger partial charge in [-0.25, -0.2) is 0 Å². The van der Waals surface area contributed by atoms with Crippen molar-refractivity contribution in [1.29, 1.82) is 0 Å². The van der Waals surface area contributed by atoms with E-state index in [0.717, 1.165) is 6.42 Å². The van der Waals surface area contributed by atoms with Crippen LogP contribution in [0.1, 0.15) is 34.1 Å². The number of hydrogen-bond donors (Lipinski definition) is 0. The van der Waals surface area contributed by atoms with Gasteiger partial charge in [-0.15, -0.1) is 0 Å². The Labute approximate surface area is 106 Å². The predicted molar refractivity (Wildman–Crippen MR) is 71.7 cm³/mol. The maximum absolute atomic E-state index is 11.5. The first kappa shape index (κ1) is 14.7. The van der Waals surface area contributed by atoms with Gasteiger partial charge in [0.25, 0.3) is 0 Å². The summed E-state index contributed by atoms with van der Waals surface area (Å²) in [7, 11) is -0.0380. The lowest BCUT2D eigenvalue weighted by Gasteiger charge is -2.59. The molecule has 1 fully saturated rings. The van der Waals surface area contributed by atoms with Crippen LogP contribution in [0.15, 0.2) is 0 Å². The molecule has 100 valence electrons. The quantitative estimate of drug-likeness (QED) is 0.574. The Kier molecular flexibility index (Phi) is 3.80. The van der Waals surface area contributed by atoms with Crippen LogP contribution in [0.25, 0.3) is 0 Å². The summed E-state index contributed by atoms with van der Waals surface area (Å²) in [5.74, 6) is -0.0375. The zero-order chi connectivity index (χ0) is 13.5. The molecule has 0 N–H and O–H groups in total. The molecule has 0 radical (unpaired) electrons. The van der Waals surface area contributed by atoms with Crippen LogP contribution in [0, 0.1) is 5.92 Å². The van der Waals surface area contributed by atoms with Crippen LogP contribution >= 0.6 is 0 Å². The van der Waals surface area contributed by atoms with E-state index >= 15 is 0 Å². The fraction of sp³-hybridized carbons (Fsp3) is 0.923. The van der Waals surface area contributed by atoms with E-state index in [4.69, 9.17) is 9.47 Å². The first-order chi connectivity index (χ1) is 7.60. The summed E-state index contributed by atoms with van der Waals surface area (Å²) in [5.41, 5.74) is 0. The van der Waals surface area contributed by atoms with E-state index in [0.29, 0.717) is 6.61 Å². The van der Waals surface area contributed by atoms with Crippen LogP contribution in [0.2, 0.25) is 18.1 Å². The molecule has 0 aromatic rings. The van der Waals surface area contributed by atoms with Gasteiger partial charge in [-0.1, -0.05) is 33.9 Å². The number of rotatable bonds is 4. The van der Waals surface area contributed by atoms with Gasteiger partial charge in [-0.2, -0.15) is 0 Å². The van der Waals surface area contributed by atoms with Crippen molar-refractivity contribution in [2.45, 2.75) is 57.5 Å². The van der Waals surface area contributed by atoms with E-state index in [1.165, 1.54) is 0 Å². The Morgan fingerprint density at radius 3 is 2.24 bits per heavy atom. The molecule has 3 nitrogen and oxygen atoms in total. The second kappa shape index (κ2) is 4.39. The van der Waals surface area contributed by atoms with Gasteiger partial charge in [0.1, 0.15) is 13.3 Å². The first-order valence-corrected chi connectivity index (χ1v) is 9.32. The Morgan fingerprint density at radius 1 is 1.41 bits per heavy atom. The van der Waals surface area contributed by atoms with Crippen molar-refractivity contribution in [3.8, 4) is 0 Å². The van der Waals surface area contributed by atoms with E-state index in [1.807, 2.05) is 6.92 Å². The summed E-state index contributed by atoms with van der Waals surface area (Å²) >= 11 is 0. The third-order valence-corrected chi connectivity index (χ3v) is 11.6. The topological polar surface area (TPSA) is 35.5 Å². The highest BCUT2D eigenvalue weighted by atomic mass is 28.3. The third kappa shape index (κ3) is 2.06. The number of ether oxygens (including phenoxy) is 2. The van der Waals surface area contributed by atoms with E-state index in [1.54, 1.807) is 7.11 Å². The minimum absolute atomic E-state index is 0.0125. The largest absolute Gasteiger partial charge is 0.462 e. The second-order valence-corrected chi connectivity index (χ2v) is 12.2. The van der Waals surface area contributed by atoms with Crippen LogP contribution < -0.4 is 0 Å². The Hall–Kier alpha value is -0.353. The molecule has 1 aliphatic rings. The van der Waals surface area contributed by atoms with E-state index in [9.17, 15) is 4.79 Å². The number of cyclic esters (lactones) is 1. The predicted octanol–water partition coefficient (Wildman–Crippen LogP) is 3.00. The van der Waals surface area contributed by atoms with Crippen LogP contribution in [0.4, 0.5) is 0 Å². The molecule has 0 aliphatic carbocycles. The van der Waals surface area contributed by atoms with E-state index in [2.05, 4.69) is 33.9 Å². The van der Waals surface area contributed by atoms with Gasteiger partial charge < -0.3 is 9.47 Å². The van der Waals surface area contributed by atoms with Gasteiger partial charge >= 0.3 is 5.97 Å². The lowest BCUT2D eigenvalue weighted by atomic mass is 9.95. The van der Waals surface area contributed by atoms with Crippen molar-refractivity contribution in [3.63, 3.8) is 0 Å². The second-order valence-electron chi connectivity index (χ2n) is 6.65. The van der Waals surface area contributed by atoms with Crippen LogP contribution in [-0.2, 0) is 14.3 Å². The minimum Gasteiger partial charge on any atom is -0.462 e. The summed E-state index contributed by atoms with van der Waals surface area (Å²) < 4.78 is 10.9. The molecule has 1 heterocycles. The number of carbonyl (C=O) groups is 1. The maximum Gasteiger partial charge on any atom is 0.312 e. The Morgan fingerprint density at radius 2 is 1.94 bits per heavy atom. The average Bonchev–Trinajstić information content (AvgIpc) is 2.21. The summed E-state index contributed by atoms with van der Waals surface area (Å²) in [6.07, 6.45) is 0.826. The van der Waals surface area contributed by atoms with Crippen molar-refractivity contribution in [2.24, 2.45) is 5.92 Å². The SMILES string of the molecule is COCC[C@@]1([Si](C)(C)C(C)(C)C)OC(=O)[C@@H]1C. The van der Waals surface area contributed by atoms with Gasteiger partial charge in [0.05, 0.1) is 5.92 Å². The molecule has 1 aliphatic heterocycles. The molecule has 4 heteroatoms. The monoisotopic (exact) mass is 258 g/mol. The summed E-state index contributed by atoms with van der Waals surface area (Å²) in [6.45, 7) is 14.1. The van der Waals surface area contributed by atoms with Crippen LogP contribution in [-0.4, -0.2) is 33.0 Å². The van der Waals surface area contributed by atoms with Gasteiger partial charge in [0, 0.05) is 20.1 Å². The van der Waals surface area contributed by atoms with Gasteiger partial charge in [0.15, 0.2) is 0 Å². The highest BCUT2D eigenvalue weighted by Crippen LogP contribution is 2.53. The number of carbonyl (C=O) groups excluding carboxylic acids is 1. The third-order valence-electron chi connectivity index (χ3n) is 4.95. The molecular formula is C13H26O3Si. The highest BCUT2D eigenvalue weighted by Gasteiger charge is 2.65. The molecule has 0 spiro atoms. The average molecular weight is 258 g/mol. The van der Waals surface area contributed by atoms with Gasteiger partial charge in [-0.05, 0) is 12.0 Å². The van der Waals surface area contributed by atoms with Crippen LogP contribution in [0.3, 0.4) is 0 Å². The normalized spacial score (nSPS) is 29.8. The standard InChI is InChI=1S/C13H26O3Si/c1-10-11(14)16-13(10,8-9-15-5)17(6,7)12(2,3)4/h10H,8-9H2,1-7H3/t10-,13-/m0/s1. The molecule has 0 aromatic carbocycles. The van der Waals surface area contributed by atoms with Crippen LogP contribution in [0.5, 0.6) is 0 Å². The lowest BCUT2D eigenvalue weighted by molar-refractivity contribution is -0.196. The number of esters is 1. The molecule has 2 atom stereocenters. The number of methoxy groups -OCH3 is 1. The molecule has 0 saturated carbocycles. The zero-order valence-corrected chi connectivity index (χ0v) is 13.2. The zero-order valence-electron chi connectivity index (χ0n) is 12.2. The fourth-order valence-corrected chi connectivity index (χ4v) is 6.18. The molecule has 0 amide bonds. The smallest absolute Gasteiger partial charge is 0.312 e. The molecule has 0 aromatic heterocycles. The molecule has 1 saturated heterocycles. The van der Waals surface area contributed by atoms with Crippen molar-refractivity contribution >= 4 is 14.0 Å². The Balaban J connectivity index is 3.04. The number of hydrogen-bond acceptors (Lipinski definition) is 3.